The minimum atomic E-state index is -3.96. The van der Waals surface area contributed by atoms with Gasteiger partial charge in [0.1, 0.15) is 23.0 Å². The van der Waals surface area contributed by atoms with Gasteiger partial charge in [0.15, 0.2) is 0 Å². The molecule has 4 aromatic rings. The quantitative estimate of drug-likeness (QED) is 0.295. The number of methoxy groups -OCH3 is 1. The molecule has 7 nitrogen and oxygen atoms in total. The van der Waals surface area contributed by atoms with Gasteiger partial charge >= 0.3 is 0 Å². The Morgan fingerprint density at radius 3 is 2.29 bits per heavy atom. The highest BCUT2D eigenvalue weighted by Crippen LogP contribution is 2.36. The molecule has 0 aliphatic heterocycles. The molecule has 4 rings (SSSR count). The van der Waals surface area contributed by atoms with E-state index in [-0.39, 0.29) is 11.4 Å². The summed E-state index contributed by atoms with van der Waals surface area (Å²) in [4.78, 5) is 4.90. The SMILES string of the molecule is CCOc1ccccc1-c1nc(CN(c2ccccc2OC)S(=O)(=O)c2ccccc2C)c(C)o1. The number of hydrogen-bond donors (Lipinski definition) is 0. The molecule has 1 heterocycles. The topological polar surface area (TPSA) is 81.9 Å². The van der Waals surface area contributed by atoms with Crippen LogP contribution in [0.4, 0.5) is 5.69 Å². The van der Waals surface area contributed by atoms with Gasteiger partial charge in [0, 0.05) is 0 Å². The maximum Gasteiger partial charge on any atom is 0.265 e. The largest absolute Gasteiger partial charge is 0.495 e. The Morgan fingerprint density at radius 1 is 0.914 bits per heavy atom. The summed E-state index contributed by atoms with van der Waals surface area (Å²) in [6, 6.07) is 21.4. The lowest BCUT2D eigenvalue weighted by atomic mass is 10.2. The van der Waals surface area contributed by atoms with Crippen molar-refractivity contribution in [1.29, 1.82) is 0 Å². The molecule has 1 aromatic heterocycles. The average molecular weight is 493 g/mol. The van der Waals surface area contributed by atoms with Crippen LogP contribution in [0.25, 0.3) is 11.5 Å². The van der Waals surface area contributed by atoms with Crippen LogP contribution < -0.4 is 13.8 Å². The molecule has 0 radical (unpaired) electrons. The summed E-state index contributed by atoms with van der Waals surface area (Å²) in [6.45, 7) is 5.92. The smallest absolute Gasteiger partial charge is 0.265 e. The number of ether oxygens (including phenoxy) is 2. The van der Waals surface area contributed by atoms with E-state index in [1.807, 2.05) is 37.3 Å². The van der Waals surface area contributed by atoms with E-state index in [4.69, 9.17) is 13.9 Å². The predicted molar refractivity (Wildman–Crippen MR) is 135 cm³/mol. The zero-order chi connectivity index (χ0) is 25.0. The minimum Gasteiger partial charge on any atom is -0.495 e. The summed E-state index contributed by atoms with van der Waals surface area (Å²) in [7, 11) is -2.44. The van der Waals surface area contributed by atoms with Crippen molar-refractivity contribution in [2.45, 2.75) is 32.2 Å². The van der Waals surface area contributed by atoms with Gasteiger partial charge in [-0.2, -0.15) is 0 Å². The number of aromatic nitrogens is 1. The van der Waals surface area contributed by atoms with E-state index >= 15 is 0 Å². The van der Waals surface area contributed by atoms with Crippen molar-refractivity contribution >= 4 is 15.7 Å². The van der Waals surface area contributed by atoms with Crippen molar-refractivity contribution in [3.8, 4) is 23.0 Å². The number of oxazole rings is 1. The van der Waals surface area contributed by atoms with Crippen molar-refractivity contribution in [3.05, 3.63) is 89.8 Å². The number of aryl methyl sites for hydroxylation is 2. The molecule has 0 aliphatic rings. The lowest BCUT2D eigenvalue weighted by Gasteiger charge is -2.26. The van der Waals surface area contributed by atoms with Crippen molar-refractivity contribution in [1.82, 2.24) is 4.98 Å². The Hall–Kier alpha value is -3.78. The van der Waals surface area contributed by atoms with E-state index < -0.39 is 10.0 Å². The number of benzene rings is 3. The Kier molecular flexibility index (Phi) is 7.12. The van der Waals surface area contributed by atoms with Crippen LogP contribution in [0, 0.1) is 13.8 Å². The van der Waals surface area contributed by atoms with Gasteiger partial charge in [-0.25, -0.2) is 13.4 Å². The van der Waals surface area contributed by atoms with Gasteiger partial charge in [-0.1, -0.05) is 42.5 Å². The molecule has 35 heavy (non-hydrogen) atoms. The van der Waals surface area contributed by atoms with Crippen molar-refractivity contribution in [2.75, 3.05) is 18.0 Å². The lowest BCUT2D eigenvalue weighted by molar-refractivity contribution is 0.340. The third kappa shape index (κ3) is 4.88. The summed E-state index contributed by atoms with van der Waals surface area (Å²) in [5, 5.41) is 0. The van der Waals surface area contributed by atoms with Gasteiger partial charge < -0.3 is 13.9 Å². The molecule has 0 amide bonds. The average Bonchev–Trinajstić information content (AvgIpc) is 3.23. The van der Waals surface area contributed by atoms with Crippen LogP contribution in [0.2, 0.25) is 0 Å². The molecule has 0 saturated heterocycles. The Labute approximate surface area is 206 Å². The van der Waals surface area contributed by atoms with Crippen molar-refractivity contribution < 1.29 is 22.3 Å². The fourth-order valence-corrected chi connectivity index (χ4v) is 5.52. The summed E-state index contributed by atoms with van der Waals surface area (Å²) < 4.78 is 46.4. The Balaban J connectivity index is 1.82. The summed E-state index contributed by atoms with van der Waals surface area (Å²) >= 11 is 0. The number of sulfonamides is 1. The molecular weight excluding hydrogens is 464 g/mol. The monoisotopic (exact) mass is 492 g/mol. The van der Waals surface area contributed by atoms with Crippen LogP contribution in [0.3, 0.4) is 0 Å². The first-order valence-electron chi connectivity index (χ1n) is 11.3. The minimum absolute atomic E-state index is 0.0385. The van der Waals surface area contributed by atoms with Crippen LogP contribution in [-0.4, -0.2) is 27.1 Å². The molecule has 3 aromatic carbocycles. The van der Waals surface area contributed by atoms with Crippen LogP contribution in [-0.2, 0) is 16.6 Å². The Bertz CT molecular complexity index is 1430. The summed E-state index contributed by atoms with van der Waals surface area (Å²) in [6.07, 6.45) is 0. The molecule has 0 bridgehead atoms. The highest BCUT2D eigenvalue weighted by molar-refractivity contribution is 7.92. The van der Waals surface area contributed by atoms with Gasteiger partial charge in [0.05, 0.1) is 36.4 Å². The van der Waals surface area contributed by atoms with E-state index in [0.29, 0.717) is 52.3 Å². The van der Waals surface area contributed by atoms with Gasteiger partial charge in [0.2, 0.25) is 5.89 Å². The zero-order valence-corrected chi connectivity index (χ0v) is 21.0. The van der Waals surface area contributed by atoms with Crippen LogP contribution in [0.15, 0.2) is 82.1 Å². The number of nitrogens with zero attached hydrogens (tertiary/aromatic N) is 2. The first kappa shape index (κ1) is 24.3. The van der Waals surface area contributed by atoms with E-state index in [1.54, 1.807) is 56.3 Å². The van der Waals surface area contributed by atoms with E-state index in [9.17, 15) is 8.42 Å². The van der Waals surface area contributed by atoms with Crippen LogP contribution in [0.1, 0.15) is 23.9 Å². The molecular formula is C27H28N2O5S. The van der Waals surface area contributed by atoms with E-state index in [0.717, 1.165) is 0 Å². The molecule has 0 fully saturated rings. The highest BCUT2D eigenvalue weighted by atomic mass is 32.2. The number of anilines is 1. The molecule has 0 N–H and O–H groups in total. The molecule has 8 heteroatoms. The lowest BCUT2D eigenvalue weighted by Crippen LogP contribution is -2.31. The molecule has 0 aliphatic carbocycles. The van der Waals surface area contributed by atoms with Crippen LogP contribution >= 0.6 is 0 Å². The first-order valence-corrected chi connectivity index (χ1v) is 12.7. The van der Waals surface area contributed by atoms with E-state index in [2.05, 4.69) is 4.98 Å². The second-order valence-corrected chi connectivity index (χ2v) is 9.73. The summed E-state index contributed by atoms with van der Waals surface area (Å²) in [5.41, 5.74) is 2.26. The van der Waals surface area contributed by atoms with E-state index in [1.165, 1.54) is 11.4 Å². The third-order valence-electron chi connectivity index (χ3n) is 5.62. The van der Waals surface area contributed by atoms with Gasteiger partial charge in [0.25, 0.3) is 10.0 Å². The van der Waals surface area contributed by atoms with Gasteiger partial charge in [-0.15, -0.1) is 0 Å². The number of hydrogen-bond acceptors (Lipinski definition) is 6. The normalized spacial score (nSPS) is 11.3. The molecule has 0 saturated carbocycles. The first-order chi connectivity index (χ1) is 16.9. The molecule has 0 unspecified atom stereocenters. The van der Waals surface area contributed by atoms with Crippen LogP contribution in [0.5, 0.6) is 11.5 Å². The fourth-order valence-electron chi connectivity index (χ4n) is 3.85. The fraction of sp³-hybridized carbons (Fsp3) is 0.222. The molecule has 0 spiro atoms. The number of para-hydroxylation sites is 3. The van der Waals surface area contributed by atoms with Crippen molar-refractivity contribution in [3.63, 3.8) is 0 Å². The Morgan fingerprint density at radius 2 is 1.57 bits per heavy atom. The zero-order valence-electron chi connectivity index (χ0n) is 20.2. The van der Waals surface area contributed by atoms with Gasteiger partial charge in [-0.05, 0) is 56.7 Å². The molecule has 182 valence electrons. The second kappa shape index (κ2) is 10.2. The van der Waals surface area contributed by atoms with Gasteiger partial charge in [-0.3, -0.25) is 4.31 Å². The standard InChI is InChI=1S/C27H28N2O5S/c1-5-33-24-15-9-7-13-21(24)27-28-22(20(3)34-27)18-29(23-14-8-10-16-25(23)32-4)35(30,31)26-17-11-6-12-19(26)2/h6-17H,5,18H2,1-4H3. The molecule has 0 atom stereocenters. The maximum atomic E-state index is 13.9. The second-order valence-electron chi connectivity index (χ2n) is 7.90. The number of rotatable bonds is 9. The van der Waals surface area contributed by atoms with Crippen molar-refractivity contribution in [2.24, 2.45) is 0 Å². The third-order valence-corrected chi connectivity index (χ3v) is 7.54. The maximum absolute atomic E-state index is 13.9. The summed E-state index contributed by atoms with van der Waals surface area (Å²) in [5.74, 6) is 1.98. The highest BCUT2D eigenvalue weighted by Gasteiger charge is 2.30. The predicted octanol–water partition coefficient (Wildman–Crippen LogP) is 5.76.